The summed E-state index contributed by atoms with van der Waals surface area (Å²) in [6.07, 6.45) is 5.33. The van der Waals surface area contributed by atoms with E-state index in [1.165, 1.54) is 24.1 Å². The number of rotatable bonds is 8. The van der Waals surface area contributed by atoms with Gasteiger partial charge in [0.25, 0.3) is 5.91 Å². The molecule has 0 spiro atoms. The molecule has 0 aliphatic heterocycles. The fourth-order valence-corrected chi connectivity index (χ4v) is 2.71. The molecule has 0 N–H and O–H groups in total. The second-order valence-corrected chi connectivity index (χ2v) is 6.18. The monoisotopic (exact) mass is 387 g/mol. The first-order valence-electron chi connectivity index (χ1n) is 8.61. The molecule has 1 atom stereocenters. The lowest BCUT2D eigenvalue weighted by Crippen LogP contribution is -2.29. The third-order valence-corrected chi connectivity index (χ3v) is 4.34. The summed E-state index contributed by atoms with van der Waals surface area (Å²) in [6, 6.07) is 5.00. The number of carbonyl (C=O) groups is 3. The van der Waals surface area contributed by atoms with E-state index in [4.69, 9.17) is 9.47 Å². The minimum absolute atomic E-state index is 0.0281. The van der Waals surface area contributed by atoms with Crippen LogP contribution < -0.4 is 0 Å². The van der Waals surface area contributed by atoms with Crippen LogP contribution in [0, 0.1) is 5.82 Å². The SMILES string of the molecule is COC1=CC(OC)CC=C1N(C)C(=O)/C=C(\C=O)CC(=O)c1ccc(F)cc1. The van der Waals surface area contributed by atoms with Gasteiger partial charge in [-0.15, -0.1) is 0 Å². The Morgan fingerprint density at radius 3 is 2.50 bits per heavy atom. The van der Waals surface area contributed by atoms with E-state index in [1.54, 1.807) is 20.2 Å². The number of aldehydes is 1. The molecule has 1 amide bonds. The molecule has 0 aromatic heterocycles. The van der Waals surface area contributed by atoms with Gasteiger partial charge < -0.3 is 14.4 Å². The van der Waals surface area contributed by atoms with Crippen molar-refractivity contribution >= 4 is 18.0 Å². The lowest BCUT2D eigenvalue weighted by molar-refractivity contribution is -0.123. The fourth-order valence-electron chi connectivity index (χ4n) is 2.71. The summed E-state index contributed by atoms with van der Waals surface area (Å²) >= 11 is 0. The van der Waals surface area contributed by atoms with E-state index in [1.807, 2.05) is 6.08 Å². The molecule has 0 bridgehead atoms. The zero-order valence-corrected chi connectivity index (χ0v) is 16.0. The molecule has 0 fully saturated rings. The maximum Gasteiger partial charge on any atom is 0.251 e. The van der Waals surface area contributed by atoms with Crippen molar-refractivity contribution in [2.45, 2.75) is 18.9 Å². The van der Waals surface area contributed by atoms with Crippen molar-refractivity contribution in [3.63, 3.8) is 0 Å². The van der Waals surface area contributed by atoms with Gasteiger partial charge in [0.1, 0.15) is 17.9 Å². The molecule has 0 radical (unpaired) electrons. The molecule has 0 saturated carbocycles. The molecule has 28 heavy (non-hydrogen) atoms. The molecule has 0 saturated heterocycles. The fraction of sp³-hybridized carbons (Fsp3) is 0.286. The average molecular weight is 387 g/mol. The number of hydrogen-bond donors (Lipinski definition) is 0. The lowest BCUT2D eigenvalue weighted by atomic mass is 10.0. The molecule has 1 unspecified atom stereocenters. The number of Topliss-reactive ketones (excluding diaryl/α,β-unsaturated/α-hetero) is 1. The summed E-state index contributed by atoms with van der Waals surface area (Å²) in [5, 5.41) is 0. The summed E-state index contributed by atoms with van der Waals surface area (Å²) in [5.74, 6) is -0.833. The van der Waals surface area contributed by atoms with Crippen molar-refractivity contribution in [3.05, 3.63) is 70.9 Å². The van der Waals surface area contributed by atoms with Crippen LogP contribution in [0.4, 0.5) is 4.39 Å². The zero-order chi connectivity index (χ0) is 20.7. The maximum atomic E-state index is 13.0. The van der Waals surface area contributed by atoms with E-state index in [2.05, 4.69) is 0 Å². The van der Waals surface area contributed by atoms with Gasteiger partial charge in [-0.1, -0.05) is 6.08 Å². The van der Waals surface area contributed by atoms with Gasteiger partial charge >= 0.3 is 0 Å². The first kappa shape index (κ1) is 21.2. The Bertz CT molecular complexity index is 839. The Labute approximate surface area is 162 Å². The van der Waals surface area contributed by atoms with E-state index in [0.29, 0.717) is 24.2 Å². The number of nitrogens with zero attached hydrogens (tertiary/aromatic N) is 1. The number of ketones is 1. The number of amides is 1. The molecule has 1 aromatic rings. The number of hydrogen-bond acceptors (Lipinski definition) is 5. The summed E-state index contributed by atoms with van der Waals surface area (Å²) in [6.45, 7) is 0. The molecule has 7 heteroatoms. The first-order valence-corrected chi connectivity index (χ1v) is 8.61. The number of ether oxygens (including phenoxy) is 2. The molecular weight excluding hydrogens is 365 g/mol. The molecule has 1 aromatic carbocycles. The Balaban J connectivity index is 2.13. The van der Waals surface area contributed by atoms with Gasteiger partial charge in [-0.2, -0.15) is 0 Å². The predicted molar refractivity (Wildman–Crippen MR) is 101 cm³/mol. The highest BCUT2D eigenvalue weighted by atomic mass is 19.1. The van der Waals surface area contributed by atoms with Crippen LogP contribution >= 0.6 is 0 Å². The number of likely N-dealkylation sites (N-methyl/N-ethyl adjacent to an activating group) is 1. The Kier molecular flexibility index (Phi) is 7.40. The van der Waals surface area contributed by atoms with Crippen molar-refractivity contribution in [1.29, 1.82) is 0 Å². The highest BCUT2D eigenvalue weighted by Gasteiger charge is 2.22. The first-order chi connectivity index (χ1) is 13.4. The van der Waals surface area contributed by atoms with Crippen LogP contribution in [-0.2, 0) is 19.1 Å². The van der Waals surface area contributed by atoms with Crippen LogP contribution in [0.2, 0.25) is 0 Å². The second kappa shape index (κ2) is 9.75. The number of benzene rings is 1. The maximum absolute atomic E-state index is 13.0. The van der Waals surface area contributed by atoms with Crippen LogP contribution in [-0.4, -0.2) is 50.2 Å². The van der Waals surface area contributed by atoms with E-state index < -0.39 is 11.7 Å². The Hall–Kier alpha value is -3.06. The number of allylic oxidation sites excluding steroid dienone is 1. The predicted octanol–water partition coefficient (Wildman–Crippen LogP) is 2.82. The number of methoxy groups -OCH3 is 2. The van der Waals surface area contributed by atoms with Crippen LogP contribution in [0.15, 0.2) is 59.5 Å². The summed E-state index contributed by atoms with van der Waals surface area (Å²) < 4.78 is 23.5. The molecule has 1 aliphatic carbocycles. The molecule has 0 heterocycles. The van der Waals surface area contributed by atoms with Crippen molar-refractivity contribution < 1.29 is 28.2 Å². The smallest absolute Gasteiger partial charge is 0.251 e. The van der Waals surface area contributed by atoms with Gasteiger partial charge in [-0.25, -0.2) is 4.39 Å². The Morgan fingerprint density at radius 2 is 1.93 bits per heavy atom. The largest absolute Gasteiger partial charge is 0.495 e. The van der Waals surface area contributed by atoms with E-state index in [-0.39, 0.29) is 29.4 Å². The third kappa shape index (κ3) is 5.23. The van der Waals surface area contributed by atoms with E-state index >= 15 is 0 Å². The number of carbonyl (C=O) groups excluding carboxylic acids is 3. The third-order valence-electron chi connectivity index (χ3n) is 4.34. The van der Waals surface area contributed by atoms with Gasteiger partial charge in [0.05, 0.1) is 18.9 Å². The lowest BCUT2D eigenvalue weighted by Gasteiger charge is -2.26. The Morgan fingerprint density at radius 1 is 1.25 bits per heavy atom. The zero-order valence-electron chi connectivity index (χ0n) is 16.0. The van der Waals surface area contributed by atoms with Crippen molar-refractivity contribution in [1.82, 2.24) is 4.90 Å². The molecule has 6 nitrogen and oxygen atoms in total. The van der Waals surface area contributed by atoms with E-state index in [0.717, 1.165) is 18.2 Å². The van der Waals surface area contributed by atoms with Gasteiger partial charge in [-0.3, -0.25) is 14.4 Å². The van der Waals surface area contributed by atoms with Crippen molar-refractivity contribution in [3.8, 4) is 0 Å². The van der Waals surface area contributed by atoms with Gasteiger partial charge in [-0.05, 0) is 36.8 Å². The van der Waals surface area contributed by atoms with Gasteiger partial charge in [0.15, 0.2) is 5.78 Å². The molecular formula is C21H22FNO5. The molecule has 148 valence electrons. The van der Waals surface area contributed by atoms with Crippen molar-refractivity contribution in [2.75, 3.05) is 21.3 Å². The van der Waals surface area contributed by atoms with Gasteiger partial charge in [0.2, 0.25) is 0 Å². The normalized spacial score (nSPS) is 16.7. The molecule has 2 rings (SSSR count). The van der Waals surface area contributed by atoms with Crippen molar-refractivity contribution in [2.24, 2.45) is 0 Å². The van der Waals surface area contributed by atoms with Crippen LogP contribution in [0.5, 0.6) is 0 Å². The molecule has 1 aliphatic rings. The van der Waals surface area contributed by atoms with Crippen LogP contribution in [0.25, 0.3) is 0 Å². The highest BCUT2D eigenvalue weighted by Crippen LogP contribution is 2.24. The minimum Gasteiger partial charge on any atom is -0.495 e. The topological polar surface area (TPSA) is 72.9 Å². The minimum atomic E-state index is -0.473. The quantitative estimate of drug-likeness (QED) is 0.390. The highest BCUT2D eigenvalue weighted by molar-refractivity contribution is 6.03. The van der Waals surface area contributed by atoms with Crippen LogP contribution in [0.3, 0.4) is 0 Å². The van der Waals surface area contributed by atoms with Crippen LogP contribution in [0.1, 0.15) is 23.2 Å². The second-order valence-electron chi connectivity index (χ2n) is 6.18. The standard InChI is InChI=1S/C21H22FNO5/c1-23(18-9-8-17(27-2)12-20(18)28-3)21(26)11-14(13-24)10-19(25)15-4-6-16(22)7-5-15/h4-7,9,11-13,17H,8,10H2,1-3H3/b14-11-. The summed E-state index contributed by atoms with van der Waals surface area (Å²) in [7, 11) is 4.62. The van der Waals surface area contributed by atoms with Gasteiger partial charge in [0, 0.05) is 37.8 Å². The summed E-state index contributed by atoms with van der Waals surface area (Å²) in [4.78, 5) is 37.5. The number of halogens is 1. The van der Waals surface area contributed by atoms with E-state index in [9.17, 15) is 18.8 Å². The average Bonchev–Trinajstić information content (AvgIpc) is 2.72. The summed E-state index contributed by atoms with van der Waals surface area (Å²) in [5.41, 5.74) is 0.840.